The molecule has 2 rings (SSSR count). The van der Waals surface area contributed by atoms with Crippen molar-refractivity contribution >= 4 is 0 Å². The van der Waals surface area contributed by atoms with Crippen molar-refractivity contribution in [3.8, 4) is 0 Å². The van der Waals surface area contributed by atoms with Crippen LogP contribution in [0.3, 0.4) is 0 Å². The van der Waals surface area contributed by atoms with Gasteiger partial charge in [-0.05, 0) is 30.5 Å². The highest BCUT2D eigenvalue weighted by molar-refractivity contribution is 5.16. The van der Waals surface area contributed by atoms with Crippen LogP contribution in [0.4, 0.5) is 4.39 Å². The highest BCUT2D eigenvalue weighted by Gasteiger charge is 2.03. The minimum Gasteiger partial charge on any atom is -0.310 e. The van der Waals surface area contributed by atoms with Crippen molar-refractivity contribution in [2.75, 3.05) is 0 Å². The highest BCUT2D eigenvalue weighted by Crippen LogP contribution is 2.05. The van der Waals surface area contributed by atoms with Gasteiger partial charge < -0.3 is 5.32 Å². The van der Waals surface area contributed by atoms with Crippen LogP contribution in [0.5, 0.6) is 0 Å². The summed E-state index contributed by atoms with van der Waals surface area (Å²) >= 11 is 0. The zero-order valence-electron chi connectivity index (χ0n) is 10.4. The van der Waals surface area contributed by atoms with Gasteiger partial charge in [0.25, 0.3) is 0 Å². The molecule has 1 aromatic carbocycles. The summed E-state index contributed by atoms with van der Waals surface area (Å²) in [5, 5.41) is 3.37. The average Bonchev–Trinajstić information content (AvgIpc) is 2.38. The molecule has 0 aliphatic rings. The molecule has 0 saturated carbocycles. The van der Waals surface area contributed by atoms with Crippen LogP contribution in [0.15, 0.2) is 48.8 Å². The monoisotopic (exact) mass is 244 g/mol. The fourth-order valence-corrected chi connectivity index (χ4v) is 1.88. The summed E-state index contributed by atoms with van der Waals surface area (Å²) in [6, 6.07) is 12.2. The Morgan fingerprint density at radius 2 is 1.94 bits per heavy atom. The summed E-state index contributed by atoms with van der Waals surface area (Å²) in [6.45, 7) is 2.76. The molecule has 0 spiro atoms. The Bertz CT molecular complexity index is 485. The molecule has 1 atom stereocenters. The topological polar surface area (TPSA) is 24.9 Å². The van der Waals surface area contributed by atoms with Gasteiger partial charge in [0.15, 0.2) is 0 Å². The Morgan fingerprint density at radius 1 is 1.17 bits per heavy atom. The first-order valence-electron chi connectivity index (χ1n) is 6.11. The molecule has 3 heteroatoms. The lowest BCUT2D eigenvalue weighted by Gasteiger charge is -2.13. The predicted octanol–water partition coefficient (Wildman–Crippen LogP) is 2.94. The lowest BCUT2D eigenvalue weighted by molar-refractivity contribution is 0.541. The quantitative estimate of drug-likeness (QED) is 0.874. The molecule has 0 bridgehead atoms. The molecular weight excluding hydrogens is 227 g/mol. The minimum absolute atomic E-state index is 0.287. The first kappa shape index (κ1) is 12.7. The van der Waals surface area contributed by atoms with Crippen molar-refractivity contribution in [1.29, 1.82) is 0 Å². The smallest absolute Gasteiger partial charge is 0.141 e. The number of hydrogen-bond acceptors (Lipinski definition) is 2. The number of halogens is 1. The van der Waals surface area contributed by atoms with Gasteiger partial charge in [0.2, 0.25) is 0 Å². The van der Waals surface area contributed by atoms with Gasteiger partial charge in [-0.3, -0.25) is 4.98 Å². The molecule has 94 valence electrons. The predicted molar refractivity (Wildman–Crippen MR) is 70.6 cm³/mol. The molecule has 0 radical (unpaired) electrons. The van der Waals surface area contributed by atoms with E-state index in [-0.39, 0.29) is 5.82 Å². The van der Waals surface area contributed by atoms with Crippen LogP contribution in [0.1, 0.15) is 18.1 Å². The SMILES string of the molecule is CC(Cc1ccccc1)NCc1cncc(F)c1. The van der Waals surface area contributed by atoms with E-state index in [4.69, 9.17) is 0 Å². The molecule has 0 fully saturated rings. The van der Waals surface area contributed by atoms with E-state index in [0.717, 1.165) is 12.0 Å². The number of rotatable bonds is 5. The van der Waals surface area contributed by atoms with Crippen molar-refractivity contribution in [2.45, 2.75) is 25.9 Å². The molecule has 2 nitrogen and oxygen atoms in total. The molecule has 1 aromatic heterocycles. The minimum atomic E-state index is -0.287. The van der Waals surface area contributed by atoms with Crippen LogP contribution in [0.25, 0.3) is 0 Å². The third-order valence-electron chi connectivity index (χ3n) is 2.80. The summed E-state index contributed by atoms with van der Waals surface area (Å²) in [6.07, 6.45) is 3.87. The Labute approximate surface area is 107 Å². The van der Waals surface area contributed by atoms with Gasteiger partial charge in [-0.2, -0.15) is 0 Å². The fourth-order valence-electron chi connectivity index (χ4n) is 1.88. The van der Waals surface area contributed by atoms with Gasteiger partial charge in [-0.25, -0.2) is 4.39 Å². The van der Waals surface area contributed by atoms with Crippen LogP contribution in [-0.2, 0) is 13.0 Å². The maximum Gasteiger partial charge on any atom is 0.141 e. The molecular formula is C15H17FN2. The second kappa shape index (κ2) is 6.26. The normalized spacial score (nSPS) is 12.3. The van der Waals surface area contributed by atoms with Crippen LogP contribution in [-0.4, -0.2) is 11.0 Å². The molecule has 0 amide bonds. The number of hydrogen-bond donors (Lipinski definition) is 1. The highest BCUT2D eigenvalue weighted by atomic mass is 19.1. The second-order valence-corrected chi connectivity index (χ2v) is 4.48. The number of nitrogens with zero attached hydrogens (tertiary/aromatic N) is 1. The van der Waals surface area contributed by atoms with Crippen molar-refractivity contribution < 1.29 is 4.39 Å². The van der Waals surface area contributed by atoms with Crippen molar-refractivity contribution in [3.05, 3.63) is 65.7 Å². The van der Waals surface area contributed by atoms with Crippen LogP contribution < -0.4 is 5.32 Å². The van der Waals surface area contributed by atoms with Crippen LogP contribution >= 0.6 is 0 Å². The van der Waals surface area contributed by atoms with Gasteiger partial charge >= 0.3 is 0 Å². The summed E-state index contributed by atoms with van der Waals surface area (Å²) in [5.74, 6) is -0.287. The van der Waals surface area contributed by atoms with E-state index in [1.54, 1.807) is 6.20 Å². The zero-order valence-corrected chi connectivity index (χ0v) is 10.4. The second-order valence-electron chi connectivity index (χ2n) is 4.48. The largest absolute Gasteiger partial charge is 0.310 e. The zero-order chi connectivity index (χ0) is 12.8. The van der Waals surface area contributed by atoms with Crippen molar-refractivity contribution in [1.82, 2.24) is 10.3 Å². The molecule has 1 N–H and O–H groups in total. The average molecular weight is 244 g/mol. The first-order valence-corrected chi connectivity index (χ1v) is 6.11. The lowest BCUT2D eigenvalue weighted by atomic mass is 10.1. The van der Waals surface area contributed by atoms with Crippen molar-refractivity contribution in [3.63, 3.8) is 0 Å². The van der Waals surface area contributed by atoms with E-state index in [1.165, 1.54) is 17.8 Å². The Balaban J connectivity index is 1.83. The fraction of sp³-hybridized carbons (Fsp3) is 0.267. The Morgan fingerprint density at radius 3 is 2.67 bits per heavy atom. The van der Waals surface area contributed by atoms with Gasteiger partial charge in [0, 0.05) is 18.8 Å². The van der Waals surface area contributed by atoms with Gasteiger partial charge in [-0.1, -0.05) is 30.3 Å². The van der Waals surface area contributed by atoms with Crippen molar-refractivity contribution in [2.24, 2.45) is 0 Å². The molecule has 1 unspecified atom stereocenters. The van der Waals surface area contributed by atoms with E-state index in [0.29, 0.717) is 12.6 Å². The van der Waals surface area contributed by atoms with E-state index in [1.807, 2.05) is 18.2 Å². The Hall–Kier alpha value is -1.74. The van der Waals surface area contributed by atoms with Crippen LogP contribution in [0, 0.1) is 5.82 Å². The molecule has 18 heavy (non-hydrogen) atoms. The number of benzene rings is 1. The molecule has 1 heterocycles. The first-order chi connectivity index (χ1) is 8.74. The third kappa shape index (κ3) is 3.93. The van der Waals surface area contributed by atoms with E-state index in [9.17, 15) is 4.39 Å². The molecule has 2 aromatic rings. The number of aromatic nitrogens is 1. The lowest BCUT2D eigenvalue weighted by Crippen LogP contribution is -2.27. The summed E-state index contributed by atoms with van der Waals surface area (Å²) < 4.78 is 12.9. The van der Waals surface area contributed by atoms with Gasteiger partial charge in [-0.15, -0.1) is 0 Å². The van der Waals surface area contributed by atoms with Gasteiger partial charge in [0.05, 0.1) is 6.20 Å². The summed E-state index contributed by atoms with van der Waals surface area (Å²) in [4.78, 5) is 3.83. The van der Waals surface area contributed by atoms with E-state index >= 15 is 0 Å². The molecule has 0 aliphatic heterocycles. The standard InChI is InChI=1S/C15H17FN2/c1-12(7-13-5-3-2-4-6-13)18-10-14-8-15(16)11-17-9-14/h2-6,8-9,11-12,18H,7,10H2,1H3. The molecule has 0 saturated heterocycles. The number of pyridine rings is 1. The van der Waals surface area contributed by atoms with Crippen LogP contribution in [0.2, 0.25) is 0 Å². The molecule has 0 aliphatic carbocycles. The maximum atomic E-state index is 12.9. The summed E-state index contributed by atoms with van der Waals surface area (Å²) in [5.41, 5.74) is 2.17. The van der Waals surface area contributed by atoms with E-state index < -0.39 is 0 Å². The van der Waals surface area contributed by atoms with E-state index in [2.05, 4.69) is 29.4 Å². The van der Waals surface area contributed by atoms with Gasteiger partial charge in [0.1, 0.15) is 5.82 Å². The number of nitrogens with one attached hydrogen (secondary N) is 1. The Kier molecular flexibility index (Phi) is 4.42. The third-order valence-corrected chi connectivity index (χ3v) is 2.80. The maximum absolute atomic E-state index is 12.9. The summed E-state index contributed by atoms with van der Waals surface area (Å²) in [7, 11) is 0.